The summed E-state index contributed by atoms with van der Waals surface area (Å²) >= 11 is 6.34. The summed E-state index contributed by atoms with van der Waals surface area (Å²) in [7, 11) is 0. The minimum atomic E-state index is 0.237. The molecule has 0 radical (unpaired) electrons. The lowest BCUT2D eigenvalue weighted by Gasteiger charge is -2.17. The van der Waals surface area contributed by atoms with Gasteiger partial charge in [-0.25, -0.2) is 0 Å². The van der Waals surface area contributed by atoms with Gasteiger partial charge >= 0.3 is 0 Å². The van der Waals surface area contributed by atoms with E-state index in [-0.39, 0.29) is 6.10 Å². The fourth-order valence-corrected chi connectivity index (χ4v) is 3.06. The highest BCUT2D eigenvalue weighted by Gasteiger charge is 2.19. The number of rotatable bonds is 3. The number of hydrogen-bond donors (Lipinski definition) is 0. The molecule has 1 aliphatic carbocycles. The van der Waals surface area contributed by atoms with E-state index in [2.05, 4.69) is 38.1 Å². The van der Waals surface area contributed by atoms with Crippen LogP contribution in [0.3, 0.4) is 0 Å². The highest BCUT2D eigenvalue weighted by Crippen LogP contribution is 2.34. The lowest BCUT2D eigenvalue weighted by atomic mass is 9.92. The Labute approximate surface area is 115 Å². The molecule has 2 rings (SSSR count). The molecular formula is C16H23ClO. The predicted molar refractivity (Wildman–Crippen MR) is 77.7 cm³/mol. The molecular weight excluding hydrogens is 244 g/mol. The van der Waals surface area contributed by atoms with Gasteiger partial charge in [0.1, 0.15) is 5.75 Å². The van der Waals surface area contributed by atoms with Gasteiger partial charge in [0.05, 0.1) is 6.10 Å². The standard InChI is InChI=1S/C16H23ClO/c1-12(2)18-16-9-7-13(8-10-16)14-5-3-4-6-15(17)11-14/h7-10,12,14-15H,3-6,11H2,1-2H3. The highest BCUT2D eigenvalue weighted by atomic mass is 35.5. The second-order valence-electron chi connectivity index (χ2n) is 5.55. The summed E-state index contributed by atoms with van der Waals surface area (Å²) in [5, 5.41) is 0.351. The molecule has 100 valence electrons. The fraction of sp³-hybridized carbons (Fsp3) is 0.625. The Morgan fingerprint density at radius 2 is 1.78 bits per heavy atom. The number of ether oxygens (including phenoxy) is 1. The van der Waals surface area contributed by atoms with Crippen LogP contribution in [0.25, 0.3) is 0 Å². The molecule has 1 aromatic carbocycles. The number of benzene rings is 1. The molecule has 1 aromatic rings. The molecule has 0 heterocycles. The molecule has 0 amide bonds. The van der Waals surface area contributed by atoms with Crippen LogP contribution in [0.5, 0.6) is 5.75 Å². The SMILES string of the molecule is CC(C)Oc1ccc(C2CCCCC(Cl)C2)cc1. The summed E-state index contributed by atoms with van der Waals surface area (Å²) in [4.78, 5) is 0. The van der Waals surface area contributed by atoms with E-state index < -0.39 is 0 Å². The zero-order chi connectivity index (χ0) is 13.0. The Balaban J connectivity index is 2.03. The topological polar surface area (TPSA) is 9.23 Å². The number of halogens is 1. The van der Waals surface area contributed by atoms with Crippen molar-refractivity contribution in [3.05, 3.63) is 29.8 Å². The van der Waals surface area contributed by atoms with E-state index in [0.717, 1.165) is 12.2 Å². The third kappa shape index (κ3) is 3.91. The Kier molecular flexibility index (Phi) is 4.94. The van der Waals surface area contributed by atoms with Crippen LogP contribution in [0.1, 0.15) is 57.4 Å². The van der Waals surface area contributed by atoms with Gasteiger partial charge in [0.25, 0.3) is 0 Å². The van der Waals surface area contributed by atoms with E-state index in [0.29, 0.717) is 11.3 Å². The van der Waals surface area contributed by atoms with Crippen molar-refractivity contribution in [3.63, 3.8) is 0 Å². The van der Waals surface area contributed by atoms with Crippen LogP contribution in [0, 0.1) is 0 Å². The Morgan fingerprint density at radius 1 is 1.11 bits per heavy atom. The molecule has 0 N–H and O–H groups in total. The van der Waals surface area contributed by atoms with Gasteiger partial charge < -0.3 is 4.74 Å². The van der Waals surface area contributed by atoms with E-state index >= 15 is 0 Å². The van der Waals surface area contributed by atoms with Crippen LogP contribution >= 0.6 is 11.6 Å². The van der Waals surface area contributed by atoms with Crippen molar-refractivity contribution in [2.75, 3.05) is 0 Å². The van der Waals surface area contributed by atoms with Crippen LogP contribution in [-0.2, 0) is 0 Å². The first-order valence-corrected chi connectivity index (χ1v) is 7.49. The molecule has 1 aliphatic rings. The summed E-state index contributed by atoms with van der Waals surface area (Å²) in [5.74, 6) is 1.59. The zero-order valence-electron chi connectivity index (χ0n) is 11.4. The maximum absolute atomic E-state index is 6.34. The van der Waals surface area contributed by atoms with Gasteiger partial charge in [-0.05, 0) is 56.7 Å². The second-order valence-corrected chi connectivity index (χ2v) is 6.17. The lowest BCUT2D eigenvalue weighted by Crippen LogP contribution is -2.06. The molecule has 1 fully saturated rings. The van der Waals surface area contributed by atoms with Crippen LogP contribution in [0.2, 0.25) is 0 Å². The first-order valence-electron chi connectivity index (χ1n) is 7.06. The zero-order valence-corrected chi connectivity index (χ0v) is 12.1. The first kappa shape index (κ1) is 13.7. The van der Waals surface area contributed by atoms with Gasteiger partial charge in [-0.3, -0.25) is 0 Å². The molecule has 0 spiro atoms. The molecule has 2 unspecified atom stereocenters. The van der Waals surface area contributed by atoms with E-state index in [1.807, 2.05) is 0 Å². The molecule has 0 aromatic heterocycles. The van der Waals surface area contributed by atoms with Gasteiger partial charge in [0, 0.05) is 5.38 Å². The summed E-state index contributed by atoms with van der Waals surface area (Å²) in [6, 6.07) is 8.58. The minimum absolute atomic E-state index is 0.237. The van der Waals surface area contributed by atoms with Crippen molar-refractivity contribution in [1.82, 2.24) is 0 Å². The van der Waals surface area contributed by atoms with Crippen molar-refractivity contribution >= 4 is 11.6 Å². The van der Waals surface area contributed by atoms with Crippen LogP contribution in [0.4, 0.5) is 0 Å². The van der Waals surface area contributed by atoms with Gasteiger partial charge in [-0.15, -0.1) is 11.6 Å². The van der Waals surface area contributed by atoms with Crippen LogP contribution in [0.15, 0.2) is 24.3 Å². The second kappa shape index (κ2) is 6.47. The van der Waals surface area contributed by atoms with Crippen LogP contribution in [-0.4, -0.2) is 11.5 Å². The maximum Gasteiger partial charge on any atom is 0.119 e. The van der Waals surface area contributed by atoms with Crippen molar-refractivity contribution < 1.29 is 4.74 Å². The molecule has 0 bridgehead atoms. The summed E-state index contributed by atoms with van der Waals surface area (Å²) in [6.07, 6.45) is 6.38. The Bertz CT molecular complexity index is 358. The first-order chi connectivity index (χ1) is 8.65. The smallest absolute Gasteiger partial charge is 0.119 e. The van der Waals surface area contributed by atoms with Crippen molar-refractivity contribution in [2.45, 2.75) is 63.4 Å². The van der Waals surface area contributed by atoms with Gasteiger partial charge in [0.15, 0.2) is 0 Å². The summed E-state index contributed by atoms with van der Waals surface area (Å²) < 4.78 is 5.68. The maximum atomic E-state index is 6.34. The molecule has 0 saturated heterocycles. The quantitative estimate of drug-likeness (QED) is 0.544. The number of hydrogen-bond acceptors (Lipinski definition) is 1. The molecule has 18 heavy (non-hydrogen) atoms. The van der Waals surface area contributed by atoms with E-state index in [9.17, 15) is 0 Å². The predicted octanol–water partition coefficient (Wildman–Crippen LogP) is 5.13. The monoisotopic (exact) mass is 266 g/mol. The van der Waals surface area contributed by atoms with Crippen molar-refractivity contribution in [3.8, 4) is 5.75 Å². The third-order valence-electron chi connectivity index (χ3n) is 3.58. The fourth-order valence-electron chi connectivity index (χ4n) is 2.69. The lowest BCUT2D eigenvalue weighted by molar-refractivity contribution is 0.242. The van der Waals surface area contributed by atoms with Crippen molar-refractivity contribution in [2.24, 2.45) is 0 Å². The molecule has 1 nitrogen and oxygen atoms in total. The molecule has 2 heteroatoms. The molecule has 2 atom stereocenters. The summed E-state index contributed by atoms with van der Waals surface area (Å²) in [5.41, 5.74) is 1.42. The van der Waals surface area contributed by atoms with E-state index in [1.165, 1.54) is 31.2 Å². The molecule has 1 saturated carbocycles. The van der Waals surface area contributed by atoms with Crippen LogP contribution < -0.4 is 4.74 Å². The average molecular weight is 267 g/mol. The molecule has 0 aliphatic heterocycles. The third-order valence-corrected chi connectivity index (χ3v) is 3.98. The minimum Gasteiger partial charge on any atom is -0.491 e. The average Bonchev–Trinajstić information content (AvgIpc) is 2.54. The van der Waals surface area contributed by atoms with E-state index in [1.54, 1.807) is 0 Å². The van der Waals surface area contributed by atoms with Gasteiger partial charge in [0.2, 0.25) is 0 Å². The van der Waals surface area contributed by atoms with E-state index in [4.69, 9.17) is 16.3 Å². The Morgan fingerprint density at radius 3 is 2.44 bits per heavy atom. The Hall–Kier alpha value is -0.690. The largest absolute Gasteiger partial charge is 0.491 e. The summed E-state index contributed by atoms with van der Waals surface area (Å²) in [6.45, 7) is 4.11. The highest BCUT2D eigenvalue weighted by molar-refractivity contribution is 6.20. The normalized spacial score (nSPS) is 24.9. The number of alkyl halides is 1. The van der Waals surface area contributed by atoms with Crippen molar-refractivity contribution in [1.29, 1.82) is 0 Å². The van der Waals surface area contributed by atoms with Gasteiger partial charge in [-0.2, -0.15) is 0 Å². The van der Waals surface area contributed by atoms with Gasteiger partial charge in [-0.1, -0.05) is 25.0 Å².